The van der Waals surface area contributed by atoms with E-state index in [4.69, 9.17) is 61.2 Å². The molecule has 0 radical (unpaired) electrons. The van der Waals surface area contributed by atoms with Gasteiger partial charge in [0.25, 0.3) is 0 Å². The number of pyridine rings is 2. The van der Waals surface area contributed by atoms with Crippen LogP contribution in [0.2, 0.25) is 15.1 Å². The number of hydrogen-bond donors (Lipinski definition) is 3. The minimum absolute atomic E-state index is 0.0484. The van der Waals surface area contributed by atoms with Gasteiger partial charge in [0.15, 0.2) is 6.23 Å². The van der Waals surface area contributed by atoms with Crippen LogP contribution in [0.5, 0.6) is 11.6 Å². The van der Waals surface area contributed by atoms with Crippen LogP contribution < -0.4 is 25.2 Å². The van der Waals surface area contributed by atoms with Crippen molar-refractivity contribution in [2.24, 2.45) is 5.73 Å². The van der Waals surface area contributed by atoms with Crippen molar-refractivity contribution in [2.75, 3.05) is 29.4 Å². The number of fused-ring (bicyclic) bond motifs is 1. The van der Waals surface area contributed by atoms with E-state index < -0.39 is 16.3 Å². The Bertz CT molecular complexity index is 1490. The van der Waals surface area contributed by atoms with Crippen LogP contribution in [0.4, 0.5) is 11.4 Å². The first-order valence-corrected chi connectivity index (χ1v) is 13.4. The van der Waals surface area contributed by atoms with Crippen molar-refractivity contribution in [3.8, 4) is 11.6 Å². The maximum Gasteiger partial charge on any atom is 0.238 e. The highest BCUT2D eigenvalue weighted by Crippen LogP contribution is 2.37. The van der Waals surface area contributed by atoms with Gasteiger partial charge in [-0.25, -0.2) is 13.4 Å². The van der Waals surface area contributed by atoms with Gasteiger partial charge in [-0.1, -0.05) is 34.8 Å². The number of aryl methyl sites for hydroxylation is 1. The molecule has 10 nitrogen and oxygen atoms in total. The van der Waals surface area contributed by atoms with Crippen LogP contribution in [0.3, 0.4) is 0 Å². The molecule has 0 saturated heterocycles. The SMILES string of the molecule is Cc1ncc(Cl)c([C@@H](N)Oc2cc(C(=N)c3cnc4c(c3)N(S(C)(=O)=O)CCO4)c(N)cc2Cl)c1Cl. The third-order valence-corrected chi connectivity index (χ3v) is 7.67. The van der Waals surface area contributed by atoms with Gasteiger partial charge < -0.3 is 15.2 Å². The second kappa shape index (κ2) is 9.91. The Morgan fingerprint density at radius 2 is 1.92 bits per heavy atom. The first-order chi connectivity index (χ1) is 16.9. The fourth-order valence-corrected chi connectivity index (χ4v) is 5.29. The molecule has 0 aliphatic carbocycles. The van der Waals surface area contributed by atoms with Crippen LogP contribution in [0, 0.1) is 12.3 Å². The van der Waals surface area contributed by atoms with Gasteiger partial charge in [-0.3, -0.25) is 20.4 Å². The summed E-state index contributed by atoms with van der Waals surface area (Å²) < 4.78 is 37.0. The number of nitrogens with one attached hydrogen (secondary N) is 1. The van der Waals surface area contributed by atoms with Gasteiger partial charge in [-0.15, -0.1) is 0 Å². The third-order valence-electron chi connectivity index (χ3n) is 5.42. The molecule has 0 unspecified atom stereocenters. The van der Waals surface area contributed by atoms with Crippen LogP contribution in [0.25, 0.3) is 0 Å². The van der Waals surface area contributed by atoms with Crippen molar-refractivity contribution < 1.29 is 17.9 Å². The fraction of sp³-hybridized carbons (Fsp3) is 0.227. The summed E-state index contributed by atoms with van der Waals surface area (Å²) in [5, 5.41) is 9.38. The van der Waals surface area contributed by atoms with E-state index >= 15 is 0 Å². The maximum atomic E-state index is 12.2. The molecule has 4 rings (SSSR count). The van der Waals surface area contributed by atoms with Crippen molar-refractivity contribution in [1.29, 1.82) is 5.41 Å². The molecule has 190 valence electrons. The summed E-state index contributed by atoms with van der Waals surface area (Å²) in [6, 6.07) is 4.39. The van der Waals surface area contributed by atoms with Crippen molar-refractivity contribution in [3.63, 3.8) is 0 Å². The van der Waals surface area contributed by atoms with Crippen molar-refractivity contribution >= 4 is 61.9 Å². The number of ether oxygens (including phenoxy) is 2. The molecule has 0 amide bonds. The molecule has 0 spiro atoms. The second-order valence-electron chi connectivity index (χ2n) is 7.93. The lowest BCUT2D eigenvalue weighted by molar-refractivity contribution is 0.214. The number of nitrogen functional groups attached to an aromatic ring is 1. The minimum atomic E-state index is -3.58. The number of benzene rings is 1. The number of rotatable bonds is 6. The number of aromatic nitrogens is 2. The summed E-state index contributed by atoms with van der Waals surface area (Å²) in [7, 11) is -3.58. The molecule has 2 aromatic heterocycles. The van der Waals surface area contributed by atoms with E-state index in [0.717, 1.165) is 6.26 Å². The van der Waals surface area contributed by atoms with E-state index in [0.29, 0.717) is 16.8 Å². The predicted octanol–water partition coefficient (Wildman–Crippen LogP) is 3.94. The largest absolute Gasteiger partial charge is 0.474 e. The molecule has 0 bridgehead atoms. The zero-order valence-electron chi connectivity index (χ0n) is 19.0. The molecule has 0 saturated carbocycles. The summed E-state index contributed by atoms with van der Waals surface area (Å²) in [5.41, 5.74) is 14.2. The highest BCUT2D eigenvalue weighted by Gasteiger charge is 2.28. The summed E-state index contributed by atoms with van der Waals surface area (Å²) in [6.45, 7) is 2.00. The molecule has 5 N–H and O–H groups in total. The number of halogens is 3. The second-order valence-corrected chi connectivity index (χ2v) is 11.0. The van der Waals surface area contributed by atoms with Gasteiger partial charge in [-0.05, 0) is 25.1 Å². The van der Waals surface area contributed by atoms with Gasteiger partial charge in [-0.2, -0.15) is 0 Å². The van der Waals surface area contributed by atoms with Crippen LogP contribution in [-0.2, 0) is 10.0 Å². The summed E-state index contributed by atoms with van der Waals surface area (Å²) in [5.74, 6) is 0.287. The van der Waals surface area contributed by atoms with Gasteiger partial charge in [0, 0.05) is 34.8 Å². The van der Waals surface area contributed by atoms with Crippen molar-refractivity contribution in [1.82, 2.24) is 9.97 Å². The lowest BCUT2D eigenvalue weighted by Gasteiger charge is -2.28. The van der Waals surface area contributed by atoms with E-state index in [2.05, 4.69) is 9.97 Å². The monoisotopic (exact) mass is 570 g/mol. The Labute approximate surface area is 222 Å². The van der Waals surface area contributed by atoms with Crippen molar-refractivity contribution in [3.05, 3.63) is 68.0 Å². The standard InChI is InChI=1S/C22H21Cl3N6O4S/c1-10-19(25)18(14(24)9-29-10)21(28)35-17-6-12(15(26)7-13(17)23)20(27)11-5-16-22(30-8-11)34-4-3-31(16)36(2,32)33/h5-9,21,27H,3-4,26,28H2,1-2H3/t21-/m0/s1. The van der Waals surface area contributed by atoms with Crippen molar-refractivity contribution in [2.45, 2.75) is 13.2 Å². The zero-order chi connectivity index (χ0) is 26.4. The Morgan fingerprint density at radius 1 is 1.19 bits per heavy atom. The molecular formula is C22H21Cl3N6O4S. The highest BCUT2D eigenvalue weighted by molar-refractivity contribution is 7.92. The molecule has 1 aliphatic heterocycles. The first kappa shape index (κ1) is 26.2. The number of anilines is 2. The Kier molecular flexibility index (Phi) is 7.22. The first-order valence-electron chi connectivity index (χ1n) is 10.4. The van der Waals surface area contributed by atoms with Crippen LogP contribution in [-0.4, -0.2) is 43.5 Å². The molecule has 3 aromatic rings. The van der Waals surface area contributed by atoms with Gasteiger partial charge >= 0.3 is 0 Å². The molecular weight excluding hydrogens is 551 g/mol. The summed E-state index contributed by atoms with van der Waals surface area (Å²) >= 11 is 18.9. The van der Waals surface area contributed by atoms with E-state index in [9.17, 15) is 8.42 Å². The molecule has 3 heterocycles. The number of nitrogens with two attached hydrogens (primary N) is 2. The third kappa shape index (κ3) is 5.02. The normalized spacial score (nSPS) is 14.1. The summed E-state index contributed by atoms with van der Waals surface area (Å²) in [4.78, 5) is 8.27. The topological polar surface area (TPSA) is 158 Å². The van der Waals surface area contributed by atoms with Gasteiger partial charge in [0.05, 0.1) is 39.3 Å². The van der Waals surface area contributed by atoms with E-state index in [1.165, 1.54) is 34.9 Å². The predicted molar refractivity (Wildman–Crippen MR) is 140 cm³/mol. The molecule has 1 aliphatic rings. The van der Waals surface area contributed by atoms with Gasteiger partial charge in [0.2, 0.25) is 15.9 Å². The smallest absolute Gasteiger partial charge is 0.238 e. The van der Waals surface area contributed by atoms with Gasteiger partial charge in [0.1, 0.15) is 18.0 Å². The average Bonchev–Trinajstić information content (AvgIpc) is 2.81. The lowest BCUT2D eigenvalue weighted by Crippen LogP contribution is -2.37. The maximum absolute atomic E-state index is 12.2. The van der Waals surface area contributed by atoms with E-state index in [-0.39, 0.29) is 62.5 Å². The highest BCUT2D eigenvalue weighted by atomic mass is 35.5. The van der Waals surface area contributed by atoms with Crippen LogP contribution >= 0.6 is 34.8 Å². The lowest BCUT2D eigenvalue weighted by atomic mass is 10.0. The van der Waals surface area contributed by atoms with Crippen LogP contribution in [0.1, 0.15) is 28.6 Å². The average molecular weight is 572 g/mol. The molecule has 1 aromatic carbocycles. The molecule has 14 heteroatoms. The van der Waals surface area contributed by atoms with E-state index in [1.54, 1.807) is 6.92 Å². The quantitative estimate of drug-likeness (QED) is 0.228. The minimum Gasteiger partial charge on any atom is -0.474 e. The Morgan fingerprint density at radius 3 is 2.61 bits per heavy atom. The summed E-state index contributed by atoms with van der Waals surface area (Å²) in [6.07, 6.45) is 2.81. The fourth-order valence-electron chi connectivity index (χ4n) is 3.62. The number of hydrogen-bond acceptors (Lipinski definition) is 9. The van der Waals surface area contributed by atoms with E-state index in [1.807, 2.05) is 0 Å². The molecule has 0 fully saturated rings. The molecule has 36 heavy (non-hydrogen) atoms. The number of sulfonamides is 1. The Hall–Kier alpha value is -2.83. The zero-order valence-corrected chi connectivity index (χ0v) is 22.1. The Balaban J connectivity index is 1.70. The molecule has 1 atom stereocenters. The number of nitrogens with zero attached hydrogens (tertiary/aromatic N) is 3. The van der Waals surface area contributed by atoms with Crippen LogP contribution in [0.15, 0.2) is 30.6 Å².